The van der Waals surface area contributed by atoms with E-state index in [2.05, 4.69) is 15.4 Å². The first-order chi connectivity index (χ1) is 15.4. The Hall–Kier alpha value is -2.26. The summed E-state index contributed by atoms with van der Waals surface area (Å²) in [6, 6.07) is 11.4. The van der Waals surface area contributed by atoms with Crippen LogP contribution in [0.2, 0.25) is 5.02 Å². The first-order valence-corrected chi connectivity index (χ1v) is 12.1. The zero-order chi connectivity index (χ0) is 22.7. The number of halogens is 1. The summed E-state index contributed by atoms with van der Waals surface area (Å²) in [5.74, 6) is 1.06. The molecule has 1 aliphatic heterocycles. The quantitative estimate of drug-likeness (QED) is 0.311. The molecule has 1 N–H and O–H groups in total. The molecule has 168 valence electrons. The summed E-state index contributed by atoms with van der Waals surface area (Å²) in [5, 5.41) is 11.0. The average Bonchev–Trinajstić information content (AvgIpc) is 3.45. The molecule has 0 saturated heterocycles. The molecule has 3 heterocycles. The molecule has 0 saturated carbocycles. The molecule has 0 spiro atoms. The number of hydrogen-bond acceptors (Lipinski definition) is 6. The molecule has 1 aliphatic rings. The third-order valence-electron chi connectivity index (χ3n) is 5.17. The van der Waals surface area contributed by atoms with Crippen molar-refractivity contribution in [2.45, 2.75) is 39.3 Å². The number of aromatic nitrogens is 2. The summed E-state index contributed by atoms with van der Waals surface area (Å²) in [6.45, 7) is 7.52. The summed E-state index contributed by atoms with van der Waals surface area (Å²) in [6.07, 6.45) is 1.05. The van der Waals surface area contributed by atoms with Crippen LogP contribution in [0.4, 0.5) is 0 Å². The third kappa shape index (κ3) is 5.04. The van der Waals surface area contributed by atoms with Gasteiger partial charge in [0.1, 0.15) is 0 Å². The second-order valence-corrected chi connectivity index (χ2v) is 9.53. The number of benzene rings is 1. The number of hydrogen-bond donors (Lipinski definition) is 1. The number of ether oxygens (including phenoxy) is 1. The van der Waals surface area contributed by atoms with Crippen molar-refractivity contribution in [3.8, 4) is 10.7 Å². The van der Waals surface area contributed by atoms with Crippen LogP contribution >= 0.6 is 35.2 Å². The van der Waals surface area contributed by atoms with Crippen molar-refractivity contribution in [2.75, 3.05) is 13.2 Å². The minimum Gasteiger partial charge on any atom is -0.379 e. The molecule has 0 amide bonds. The van der Waals surface area contributed by atoms with Crippen molar-refractivity contribution >= 4 is 45.8 Å². The summed E-state index contributed by atoms with van der Waals surface area (Å²) in [4.78, 5) is 7.75. The van der Waals surface area contributed by atoms with Gasteiger partial charge in [0, 0.05) is 23.9 Å². The van der Waals surface area contributed by atoms with Gasteiger partial charge in [0.05, 0.1) is 22.6 Å². The second kappa shape index (κ2) is 10.1. The van der Waals surface area contributed by atoms with E-state index < -0.39 is 0 Å². The predicted molar refractivity (Wildman–Crippen MR) is 133 cm³/mol. The van der Waals surface area contributed by atoms with E-state index in [1.165, 1.54) is 0 Å². The standard InChI is InChI=1S/C23H25ClN4O2S2/c1-14(2)29-12-5-11-28-15(3)19(22-26-21(27-30-22)18-6-4-13-32-18)20(25-23(28)31)16-7-9-17(24)10-8-16/h4,6-10,13-14,20H,5,11-12H2,1-3H3,(H,25,31). The summed E-state index contributed by atoms with van der Waals surface area (Å²) >= 11 is 13.4. The molecule has 6 nitrogen and oxygen atoms in total. The molecule has 0 bridgehead atoms. The van der Waals surface area contributed by atoms with E-state index in [4.69, 9.17) is 38.1 Å². The fraction of sp³-hybridized carbons (Fsp3) is 0.348. The molecule has 1 atom stereocenters. The lowest BCUT2D eigenvalue weighted by Crippen LogP contribution is -2.46. The largest absolute Gasteiger partial charge is 0.379 e. The van der Waals surface area contributed by atoms with Crippen LogP contribution in [0.1, 0.15) is 44.7 Å². The van der Waals surface area contributed by atoms with E-state index in [1.54, 1.807) is 11.3 Å². The molecule has 3 aromatic rings. The van der Waals surface area contributed by atoms with Crippen LogP contribution in [0.25, 0.3) is 16.3 Å². The van der Waals surface area contributed by atoms with Gasteiger partial charge in [-0.25, -0.2) is 0 Å². The molecule has 32 heavy (non-hydrogen) atoms. The van der Waals surface area contributed by atoms with Gasteiger partial charge < -0.3 is 19.5 Å². The van der Waals surface area contributed by atoms with Crippen LogP contribution < -0.4 is 5.32 Å². The molecule has 0 fully saturated rings. The molecule has 2 aromatic heterocycles. The Kier molecular flexibility index (Phi) is 7.25. The number of thiocarbonyl (C=S) groups is 1. The normalized spacial score (nSPS) is 16.7. The van der Waals surface area contributed by atoms with Gasteiger partial charge in [-0.1, -0.05) is 35.0 Å². The molecule has 1 unspecified atom stereocenters. The number of nitrogens with one attached hydrogen (secondary N) is 1. The number of nitrogens with zero attached hydrogens (tertiary/aromatic N) is 3. The maximum atomic E-state index is 6.12. The van der Waals surface area contributed by atoms with Crippen molar-refractivity contribution in [2.24, 2.45) is 0 Å². The Morgan fingerprint density at radius 2 is 2.06 bits per heavy atom. The maximum Gasteiger partial charge on any atom is 0.258 e. The van der Waals surface area contributed by atoms with Gasteiger partial charge in [0.15, 0.2) is 5.11 Å². The van der Waals surface area contributed by atoms with Crippen LogP contribution in [-0.2, 0) is 4.74 Å². The molecular weight excluding hydrogens is 464 g/mol. The molecule has 0 radical (unpaired) electrons. The maximum absolute atomic E-state index is 6.12. The van der Waals surface area contributed by atoms with E-state index >= 15 is 0 Å². The third-order valence-corrected chi connectivity index (χ3v) is 6.63. The van der Waals surface area contributed by atoms with Crippen molar-refractivity contribution in [1.82, 2.24) is 20.4 Å². The summed E-state index contributed by atoms with van der Waals surface area (Å²) < 4.78 is 11.4. The highest BCUT2D eigenvalue weighted by molar-refractivity contribution is 7.80. The summed E-state index contributed by atoms with van der Waals surface area (Å²) in [5.41, 5.74) is 2.91. The zero-order valence-electron chi connectivity index (χ0n) is 18.2. The second-order valence-electron chi connectivity index (χ2n) is 7.76. The monoisotopic (exact) mass is 488 g/mol. The van der Waals surface area contributed by atoms with E-state index in [-0.39, 0.29) is 12.1 Å². The first kappa shape index (κ1) is 22.9. The van der Waals surface area contributed by atoms with Crippen molar-refractivity contribution < 1.29 is 9.26 Å². The zero-order valence-corrected chi connectivity index (χ0v) is 20.6. The van der Waals surface area contributed by atoms with Crippen LogP contribution in [0.5, 0.6) is 0 Å². The highest BCUT2D eigenvalue weighted by Gasteiger charge is 2.34. The van der Waals surface area contributed by atoms with Gasteiger partial charge in [-0.2, -0.15) is 4.98 Å². The number of allylic oxidation sites excluding steroid dienone is 1. The van der Waals surface area contributed by atoms with E-state index in [9.17, 15) is 0 Å². The van der Waals surface area contributed by atoms with Crippen LogP contribution in [-0.4, -0.2) is 39.4 Å². The van der Waals surface area contributed by atoms with Gasteiger partial charge in [-0.05, 0) is 68.6 Å². The van der Waals surface area contributed by atoms with Crippen LogP contribution in [0.3, 0.4) is 0 Å². The van der Waals surface area contributed by atoms with Gasteiger partial charge in [-0.15, -0.1) is 11.3 Å². The number of rotatable bonds is 8. The van der Waals surface area contributed by atoms with Crippen molar-refractivity contribution in [1.29, 1.82) is 0 Å². The highest BCUT2D eigenvalue weighted by Crippen LogP contribution is 2.38. The molecule has 9 heteroatoms. The fourth-order valence-corrected chi connectivity index (χ4v) is 4.73. The Balaban J connectivity index is 1.69. The predicted octanol–water partition coefficient (Wildman–Crippen LogP) is 5.93. The average molecular weight is 489 g/mol. The molecule has 4 rings (SSSR count). The van der Waals surface area contributed by atoms with Crippen LogP contribution in [0, 0.1) is 0 Å². The smallest absolute Gasteiger partial charge is 0.258 e. The van der Waals surface area contributed by atoms with Gasteiger partial charge >= 0.3 is 0 Å². The lowest BCUT2D eigenvalue weighted by Gasteiger charge is -2.37. The lowest BCUT2D eigenvalue weighted by molar-refractivity contribution is 0.0749. The summed E-state index contributed by atoms with van der Waals surface area (Å²) in [7, 11) is 0. The van der Waals surface area contributed by atoms with Crippen LogP contribution in [0.15, 0.2) is 52.0 Å². The lowest BCUT2D eigenvalue weighted by atomic mass is 9.95. The topological polar surface area (TPSA) is 63.4 Å². The Morgan fingerprint density at radius 3 is 2.75 bits per heavy atom. The minimum atomic E-state index is -0.223. The minimum absolute atomic E-state index is 0.206. The van der Waals surface area contributed by atoms with Crippen molar-refractivity contribution in [3.05, 3.63) is 64.0 Å². The Labute approximate surface area is 202 Å². The van der Waals surface area contributed by atoms with E-state index in [0.717, 1.165) is 34.7 Å². The first-order valence-electron chi connectivity index (χ1n) is 10.5. The van der Waals surface area contributed by atoms with Gasteiger partial charge in [0.2, 0.25) is 5.82 Å². The Morgan fingerprint density at radius 1 is 1.28 bits per heavy atom. The molecule has 0 aliphatic carbocycles. The van der Waals surface area contributed by atoms with E-state index in [1.807, 2.05) is 62.5 Å². The van der Waals surface area contributed by atoms with Gasteiger partial charge in [0.25, 0.3) is 5.89 Å². The molecule has 1 aromatic carbocycles. The SMILES string of the molecule is CC1=C(c2nc(-c3cccs3)no2)C(c2ccc(Cl)cc2)NC(=S)N1CCCOC(C)C. The van der Waals surface area contributed by atoms with Crippen molar-refractivity contribution in [3.63, 3.8) is 0 Å². The fourth-order valence-electron chi connectivity index (χ4n) is 3.61. The Bertz CT molecular complexity index is 1090. The highest BCUT2D eigenvalue weighted by atomic mass is 35.5. The molecular formula is C23H25ClN4O2S2. The number of thiophene rings is 1. The van der Waals surface area contributed by atoms with E-state index in [0.29, 0.717) is 28.5 Å². The van der Waals surface area contributed by atoms with Gasteiger partial charge in [-0.3, -0.25) is 0 Å².